The van der Waals surface area contributed by atoms with Crippen LogP contribution in [0.1, 0.15) is 56.0 Å². The number of pyridine rings is 1. The molecule has 1 aromatic carbocycles. The van der Waals surface area contributed by atoms with Gasteiger partial charge in [-0.25, -0.2) is 4.98 Å². The number of rotatable bonds is 6. The molecular weight excluding hydrogens is 386 g/mol. The van der Waals surface area contributed by atoms with Crippen LogP contribution in [0.25, 0.3) is 10.9 Å². The summed E-state index contributed by atoms with van der Waals surface area (Å²) in [5.74, 6) is 0.871. The zero-order valence-electron chi connectivity index (χ0n) is 19.4. The van der Waals surface area contributed by atoms with Gasteiger partial charge in [-0.1, -0.05) is 45.0 Å². The molecule has 5 nitrogen and oxygen atoms in total. The van der Waals surface area contributed by atoms with Gasteiger partial charge in [0, 0.05) is 36.8 Å². The van der Waals surface area contributed by atoms with Crippen molar-refractivity contribution in [3.63, 3.8) is 0 Å². The Labute approximate surface area is 185 Å². The number of amides is 1. The zero-order chi connectivity index (χ0) is 22.2. The van der Waals surface area contributed by atoms with E-state index in [0.717, 1.165) is 25.0 Å². The second-order valence-corrected chi connectivity index (χ2v) is 9.59. The number of aryl methyl sites for hydroxylation is 1. The van der Waals surface area contributed by atoms with Crippen LogP contribution in [0, 0.1) is 13.8 Å². The van der Waals surface area contributed by atoms with Crippen LogP contribution in [0.15, 0.2) is 36.5 Å². The van der Waals surface area contributed by atoms with Gasteiger partial charge in [-0.05, 0) is 48.4 Å². The Bertz CT molecular complexity index is 1090. The molecule has 1 aliphatic rings. The maximum Gasteiger partial charge on any atom is 0.238 e. The van der Waals surface area contributed by atoms with Crippen molar-refractivity contribution in [3.05, 3.63) is 58.9 Å². The molecule has 0 spiro atoms. The number of fused-ring (bicyclic) bond motifs is 1. The van der Waals surface area contributed by atoms with Crippen molar-refractivity contribution in [2.24, 2.45) is 0 Å². The number of carbonyl (C=O) groups excluding carboxylic acids is 1. The molecule has 2 aromatic heterocycles. The highest BCUT2D eigenvalue weighted by molar-refractivity contribution is 5.89. The lowest BCUT2D eigenvalue weighted by atomic mass is 9.87. The van der Waals surface area contributed by atoms with Gasteiger partial charge in [0.15, 0.2) is 0 Å². The Hall–Kier alpha value is -2.82. The fourth-order valence-electron chi connectivity index (χ4n) is 4.35. The van der Waals surface area contributed by atoms with Gasteiger partial charge in [0.25, 0.3) is 0 Å². The maximum atomic E-state index is 11.9. The molecule has 1 fully saturated rings. The fraction of sp³-hybridized carbons (Fsp3) is 0.462. The number of aromatic nitrogens is 2. The van der Waals surface area contributed by atoms with E-state index in [9.17, 15) is 4.79 Å². The third kappa shape index (κ3) is 4.32. The van der Waals surface area contributed by atoms with E-state index >= 15 is 0 Å². The van der Waals surface area contributed by atoms with Crippen molar-refractivity contribution in [3.8, 4) is 5.88 Å². The number of benzene rings is 1. The predicted molar refractivity (Wildman–Crippen MR) is 125 cm³/mol. The summed E-state index contributed by atoms with van der Waals surface area (Å²) in [5.41, 5.74) is 6.25. The molecule has 4 rings (SSSR count). The first-order chi connectivity index (χ1) is 14.8. The Kier molecular flexibility index (Phi) is 5.78. The van der Waals surface area contributed by atoms with Crippen molar-refractivity contribution in [2.45, 2.75) is 59.4 Å². The number of carbonyl (C=O) groups is 1. The smallest absolute Gasteiger partial charge is 0.238 e. The summed E-state index contributed by atoms with van der Waals surface area (Å²) >= 11 is 0. The first-order valence-corrected chi connectivity index (χ1v) is 11.2. The van der Waals surface area contributed by atoms with E-state index in [2.05, 4.69) is 74.5 Å². The van der Waals surface area contributed by atoms with Crippen LogP contribution in [-0.4, -0.2) is 40.1 Å². The average Bonchev–Trinajstić information content (AvgIpc) is 3.25. The molecule has 164 valence electrons. The van der Waals surface area contributed by atoms with Gasteiger partial charge in [-0.3, -0.25) is 4.79 Å². The Morgan fingerprint density at radius 3 is 2.48 bits per heavy atom. The summed E-state index contributed by atoms with van der Waals surface area (Å²) in [6.07, 6.45) is 3.42. The molecule has 0 bridgehead atoms. The van der Waals surface area contributed by atoms with E-state index in [-0.39, 0.29) is 11.3 Å². The second-order valence-electron chi connectivity index (χ2n) is 9.59. The molecule has 0 radical (unpaired) electrons. The topological polar surface area (TPSA) is 47.4 Å². The molecule has 1 amide bonds. The molecule has 0 aliphatic carbocycles. The minimum absolute atomic E-state index is 0.146. The summed E-state index contributed by atoms with van der Waals surface area (Å²) in [6, 6.07) is 11.0. The van der Waals surface area contributed by atoms with Gasteiger partial charge in [-0.2, -0.15) is 0 Å². The number of hydrogen-bond donors (Lipinski definition) is 0. The predicted octanol–water partition coefficient (Wildman–Crippen LogP) is 5.00. The van der Waals surface area contributed by atoms with Gasteiger partial charge in [0.05, 0.1) is 6.54 Å². The maximum absolute atomic E-state index is 11.9. The summed E-state index contributed by atoms with van der Waals surface area (Å²) < 4.78 is 8.42. The van der Waals surface area contributed by atoms with Crippen molar-refractivity contribution < 1.29 is 9.53 Å². The van der Waals surface area contributed by atoms with Crippen LogP contribution in [0.5, 0.6) is 5.88 Å². The SMILES string of the molecule is Cc1c(C)n(Cc2ccc(C(C)(C)C)cc2)c2c(OCCN3CCCC3=O)nccc12. The Morgan fingerprint density at radius 2 is 1.84 bits per heavy atom. The van der Waals surface area contributed by atoms with Crippen molar-refractivity contribution in [1.29, 1.82) is 0 Å². The molecule has 1 saturated heterocycles. The lowest BCUT2D eigenvalue weighted by molar-refractivity contribution is -0.128. The highest BCUT2D eigenvalue weighted by Gasteiger charge is 2.21. The van der Waals surface area contributed by atoms with E-state index in [1.54, 1.807) is 0 Å². The standard InChI is InChI=1S/C26H33N3O2/c1-18-19(2)29(17-20-8-10-21(11-9-20)26(3,4)5)24-22(18)12-13-27-25(24)31-16-15-28-14-6-7-23(28)30/h8-13H,6-7,14-17H2,1-5H3. The van der Waals surface area contributed by atoms with Crippen molar-refractivity contribution >= 4 is 16.8 Å². The largest absolute Gasteiger partial charge is 0.474 e. The summed E-state index contributed by atoms with van der Waals surface area (Å²) in [5, 5.41) is 1.17. The third-order valence-electron chi connectivity index (χ3n) is 6.44. The van der Waals surface area contributed by atoms with E-state index in [4.69, 9.17) is 4.74 Å². The highest BCUT2D eigenvalue weighted by Crippen LogP contribution is 2.32. The number of hydrogen-bond acceptors (Lipinski definition) is 3. The molecule has 0 atom stereocenters. The van der Waals surface area contributed by atoms with E-state index < -0.39 is 0 Å². The van der Waals surface area contributed by atoms with Gasteiger partial charge in [-0.15, -0.1) is 0 Å². The van der Waals surface area contributed by atoms with Crippen LogP contribution in [0.4, 0.5) is 0 Å². The molecule has 0 saturated carbocycles. The number of nitrogens with zero attached hydrogens (tertiary/aromatic N) is 3. The molecule has 0 unspecified atom stereocenters. The first-order valence-electron chi connectivity index (χ1n) is 11.2. The molecule has 3 heterocycles. The number of likely N-dealkylation sites (tertiary alicyclic amines) is 1. The van der Waals surface area contributed by atoms with Gasteiger partial charge in [0.2, 0.25) is 11.8 Å². The first kappa shape index (κ1) is 21.4. The third-order valence-corrected chi connectivity index (χ3v) is 6.44. The molecule has 5 heteroatoms. The second kappa shape index (κ2) is 8.37. The monoisotopic (exact) mass is 419 g/mol. The van der Waals surface area contributed by atoms with Crippen LogP contribution >= 0.6 is 0 Å². The highest BCUT2D eigenvalue weighted by atomic mass is 16.5. The molecule has 31 heavy (non-hydrogen) atoms. The van der Waals surface area contributed by atoms with Crippen molar-refractivity contribution in [1.82, 2.24) is 14.5 Å². The normalized spacial score (nSPS) is 14.6. The molecule has 3 aromatic rings. The quantitative estimate of drug-likeness (QED) is 0.565. The average molecular weight is 420 g/mol. The Morgan fingerprint density at radius 1 is 1.10 bits per heavy atom. The fourth-order valence-corrected chi connectivity index (χ4v) is 4.35. The van der Waals surface area contributed by atoms with Gasteiger partial charge < -0.3 is 14.2 Å². The van der Waals surface area contributed by atoms with Crippen molar-refractivity contribution in [2.75, 3.05) is 19.7 Å². The van der Waals surface area contributed by atoms with E-state index in [1.165, 1.54) is 27.8 Å². The molecule has 0 N–H and O–H groups in total. The molecular formula is C26H33N3O2. The lowest BCUT2D eigenvalue weighted by Gasteiger charge is -2.19. The van der Waals surface area contributed by atoms with Gasteiger partial charge in [0.1, 0.15) is 12.1 Å². The van der Waals surface area contributed by atoms with E-state index in [0.29, 0.717) is 25.5 Å². The van der Waals surface area contributed by atoms with Gasteiger partial charge >= 0.3 is 0 Å². The zero-order valence-corrected chi connectivity index (χ0v) is 19.4. The summed E-state index contributed by atoms with van der Waals surface area (Å²) in [4.78, 5) is 18.3. The minimum atomic E-state index is 0.146. The number of ether oxygens (including phenoxy) is 1. The van der Waals surface area contributed by atoms with Crippen LogP contribution < -0.4 is 4.74 Å². The Balaban J connectivity index is 1.60. The summed E-state index contributed by atoms with van der Waals surface area (Å²) in [6.45, 7) is 13.7. The minimum Gasteiger partial charge on any atom is -0.474 e. The summed E-state index contributed by atoms with van der Waals surface area (Å²) in [7, 11) is 0. The van der Waals surface area contributed by atoms with Crippen LogP contribution in [-0.2, 0) is 16.8 Å². The van der Waals surface area contributed by atoms with Crippen LogP contribution in [0.2, 0.25) is 0 Å². The lowest BCUT2D eigenvalue weighted by Crippen LogP contribution is -2.29. The van der Waals surface area contributed by atoms with Crippen LogP contribution in [0.3, 0.4) is 0 Å². The molecule has 1 aliphatic heterocycles. The van der Waals surface area contributed by atoms with E-state index in [1.807, 2.05) is 11.1 Å².